The summed E-state index contributed by atoms with van der Waals surface area (Å²) in [4.78, 5) is 10.6. The van der Waals surface area contributed by atoms with Crippen molar-refractivity contribution in [2.75, 3.05) is 33.0 Å². The molecule has 0 aliphatic rings. The van der Waals surface area contributed by atoms with Crippen LogP contribution in [0.4, 0.5) is 0 Å². The van der Waals surface area contributed by atoms with E-state index in [1.807, 2.05) is 27.7 Å². The van der Waals surface area contributed by atoms with Crippen molar-refractivity contribution in [1.82, 2.24) is 5.32 Å². The van der Waals surface area contributed by atoms with E-state index in [1.54, 1.807) is 6.92 Å². The third-order valence-corrected chi connectivity index (χ3v) is 3.10. The summed E-state index contributed by atoms with van der Waals surface area (Å²) in [5, 5.41) is 2.79. The Morgan fingerprint density at radius 2 is 1.17 bits per heavy atom. The lowest BCUT2D eigenvalue weighted by atomic mass is 10.2. The van der Waals surface area contributed by atoms with Gasteiger partial charge in [-0.3, -0.25) is 4.79 Å². The average molecular weight is 348 g/mol. The maximum atomic E-state index is 10.6. The zero-order valence-corrected chi connectivity index (χ0v) is 17.4. The standard InChI is InChI=1S/C16H33NO3.2C2H6/c1-3-4-5-6-9-12-19-14-15-20-13-10-7-8-11-17-16(2)18;2*1-2/h3-15H2,1-2H3,(H,17,18);2*1-2H3. The number of amides is 1. The van der Waals surface area contributed by atoms with Crippen LogP contribution in [-0.2, 0) is 14.3 Å². The molecule has 0 radical (unpaired) electrons. The molecule has 0 aromatic rings. The van der Waals surface area contributed by atoms with Gasteiger partial charge in [0.15, 0.2) is 0 Å². The van der Waals surface area contributed by atoms with E-state index in [0.717, 1.165) is 39.0 Å². The van der Waals surface area contributed by atoms with E-state index in [0.29, 0.717) is 13.2 Å². The Morgan fingerprint density at radius 3 is 1.62 bits per heavy atom. The summed E-state index contributed by atoms with van der Waals surface area (Å²) >= 11 is 0. The van der Waals surface area contributed by atoms with E-state index >= 15 is 0 Å². The molecule has 0 unspecified atom stereocenters. The fourth-order valence-electron chi connectivity index (χ4n) is 1.90. The second kappa shape index (κ2) is 30.3. The third-order valence-electron chi connectivity index (χ3n) is 3.10. The van der Waals surface area contributed by atoms with Crippen molar-refractivity contribution in [2.45, 2.75) is 92.9 Å². The van der Waals surface area contributed by atoms with Gasteiger partial charge in [0.1, 0.15) is 0 Å². The number of hydrogen-bond donors (Lipinski definition) is 1. The van der Waals surface area contributed by atoms with E-state index in [2.05, 4.69) is 12.2 Å². The van der Waals surface area contributed by atoms with Crippen LogP contribution in [-0.4, -0.2) is 38.9 Å². The second-order valence-electron chi connectivity index (χ2n) is 5.18. The summed E-state index contributed by atoms with van der Waals surface area (Å²) in [6, 6.07) is 0. The summed E-state index contributed by atoms with van der Waals surface area (Å²) in [6.07, 6.45) is 9.58. The largest absolute Gasteiger partial charge is 0.379 e. The lowest BCUT2D eigenvalue weighted by Crippen LogP contribution is -2.20. The maximum absolute atomic E-state index is 10.6. The fraction of sp³-hybridized carbons (Fsp3) is 0.950. The number of rotatable bonds is 15. The molecule has 0 fully saturated rings. The Bertz CT molecular complexity index is 211. The van der Waals surface area contributed by atoms with Crippen LogP contribution in [0.15, 0.2) is 0 Å². The first-order valence-electron chi connectivity index (χ1n) is 10.2. The summed E-state index contributed by atoms with van der Waals surface area (Å²) in [5.41, 5.74) is 0. The molecule has 0 rings (SSSR count). The van der Waals surface area contributed by atoms with Gasteiger partial charge >= 0.3 is 0 Å². The average Bonchev–Trinajstić information content (AvgIpc) is 2.61. The highest BCUT2D eigenvalue weighted by Gasteiger charge is 1.94. The minimum absolute atomic E-state index is 0.0492. The summed E-state index contributed by atoms with van der Waals surface area (Å²) < 4.78 is 11.0. The minimum atomic E-state index is 0.0492. The zero-order chi connectivity index (χ0) is 18.9. The van der Waals surface area contributed by atoms with E-state index < -0.39 is 0 Å². The third kappa shape index (κ3) is 33.1. The molecule has 0 aliphatic heterocycles. The summed E-state index contributed by atoms with van der Waals surface area (Å²) in [7, 11) is 0. The number of hydrogen-bond acceptors (Lipinski definition) is 3. The van der Waals surface area contributed by atoms with Crippen LogP contribution in [0.2, 0.25) is 0 Å². The van der Waals surface area contributed by atoms with Crippen molar-refractivity contribution < 1.29 is 14.3 Å². The Hall–Kier alpha value is -0.610. The van der Waals surface area contributed by atoms with Crippen molar-refractivity contribution in [1.29, 1.82) is 0 Å². The van der Waals surface area contributed by atoms with E-state index in [4.69, 9.17) is 9.47 Å². The number of unbranched alkanes of at least 4 members (excludes halogenated alkanes) is 6. The molecule has 0 bridgehead atoms. The Labute approximate surface area is 152 Å². The predicted octanol–water partition coefficient (Wildman–Crippen LogP) is 5.35. The van der Waals surface area contributed by atoms with Crippen LogP contribution in [0.25, 0.3) is 0 Å². The molecule has 1 N–H and O–H groups in total. The van der Waals surface area contributed by atoms with Crippen molar-refractivity contribution in [3.63, 3.8) is 0 Å². The van der Waals surface area contributed by atoms with E-state index in [-0.39, 0.29) is 5.91 Å². The predicted molar refractivity (Wildman–Crippen MR) is 106 cm³/mol. The topological polar surface area (TPSA) is 47.6 Å². The van der Waals surface area contributed by atoms with Gasteiger partial charge in [0.25, 0.3) is 0 Å². The first-order chi connectivity index (χ1) is 11.8. The van der Waals surface area contributed by atoms with Gasteiger partial charge in [-0.25, -0.2) is 0 Å². The Balaban J connectivity index is -0.00000102. The number of carbonyl (C=O) groups is 1. The normalized spacial score (nSPS) is 9.42. The Kier molecular flexibility index (Phi) is 35.6. The first kappa shape index (κ1) is 28.2. The molecule has 0 aliphatic carbocycles. The zero-order valence-electron chi connectivity index (χ0n) is 17.4. The fourth-order valence-corrected chi connectivity index (χ4v) is 1.90. The maximum Gasteiger partial charge on any atom is 0.216 e. The lowest BCUT2D eigenvalue weighted by Gasteiger charge is -2.06. The van der Waals surface area contributed by atoms with Crippen molar-refractivity contribution >= 4 is 5.91 Å². The summed E-state index contributed by atoms with van der Waals surface area (Å²) in [5.74, 6) is 0.0492. The molecule has 4 heteroatoms. The Morgan fingerprint density at radius 1 is 0.708 bits per heavy atom. The molecule has 1 amide bonds. The van der Waals surface area contributed by atoms with Crippen LogP contribution in [0, 0.1) is 0 Å². The molecule has 0 heterocycles. The quantitative estimate of drug-likeness (QED) is 0.406. The SMILES string of the molecule is CC.CC.CCCCCCCOCCOCCCCCNC(C)=O. The van der Waals surface area contributed by atoms with Crippen LogP contribution in [0.1, 0.15) is 92.9 Å². The van der Waals surface area contributed by atoms with Gasteiger partial charge in [0.2, 0.25) is 5.91 Å². The van der Waals surface area contributed by atoms with Crippen molar-refractivity contribution in [3.05, 3.63) is 0 Å². The molecule has 24 heavy (non-hydrogen) atoms. The molecule has 0 saturated heterocycles. The molecule has 0 atom stereocenters. The number of ether oxygens (including phenoxy) is 2. The monoisotopic (exact) mass is 347 g/mol. The van der Waals surface area contributed by atoms with Crippen molar-refractivity contribution in [2.24, 2.45) is 0 Å². The highest BCUT2D eigenvalue weighted by Crippen LogP contribution is 2.02. The number of nitrogens with one attached hydrogen (secondary N) is 1. The molecular formula is C20H45NO3. The van der Waals surface area contributed by atoms with Crippen LogP contribution in [0.5, 0.6) is 0 Å². The van der Waals surface area contributed by atoms with Crippen LogP contribution < -0.4 is 5.32 Å². The molecule has 0 aromatic heterocycles. The molecule has 0 spiro atoms. The van der Waals surface area contributed by atoms with Gasteiger partial charge in [0, 0.05) is 26.7 Å². The van der Waals surface area contributed by atoms with Gasteiger partial charge in [0.05, 0.1) is 13.2 Å². The van der Waals surface area contributed by atoms with Gasteiger partial charge in [-0.15, -0.1) is 0 Å². The molecule has 0 saturated carbocycles. The van der Waals surface area contributed by atoms with E-state index in [1.165, 1.54) is 32.1 Å². The molecular weight excluding hydrogens is 302 g/mol. The first-order valence-corrected chi connectivity index (χ1v) is 10.2. The van der Waals surface area contributed by atoms with Gasteiger partial charge in [-0.1, -0.05) is 60.3 Å². The van der Waals surface area contributed by atoms with Crippen LogP contribution >= 0.6 is 0 Å². The van der Waals surface area contributed by atoms with Gasteiger partial charge < -0.3 is 14.8 Å². The molecule has 148 valence electrons. The highest BCUT2D eigenvalue weighted by atomic mass is 16.5. The van der Waals surface area contributed by atoms with Crippen LogP contribution in [0.3, 0.4) is 0 Å². The smallest absolute Gasteiger partial charge is 0.216 e. The highest BCUT2D eigenvalue weighted by molar-refractivity contribution is 5.72. The second-order valence-corrected chi connectivity index (χ2v) is 5.18. The van der Waals surface area contributed by atoms with Gasteiger partial charge in [-0.2, -0.15) is 0 Å². The molecule has 0 aromatic carbocycles. The van der Waals surface area contributed by atoms with Crippen molar-refractivity contribution in [3.8, 4) is 0 Å². The number of carbonyl (C=O) groups excluding carboxylic acids is 1. The minimum Gasteiger partial charge on any atom is -0.379 e. The summed E-state index contributed by atoms with van der Waals surface area (Å²) in [6.45, 7) is 15.6. The lowest BCUT2D eigenvalue weighted by molar-refractivity contribution is -0.118. The van der Waals surface area contributed by atoms with E-state index in [9.17, 15) is 4.79 Å². The van der Waals surface area contributed by atoms with Gasteiger partial charge in [-0.05, 0) is 25.7 Å². The molecule has 4 nitrogen and oxygen atoms in total.